The first kappa shape index (κ1) is 26.2. The monoisotopic (exact) mass is 548 g/mol. The van der Waals surface area contributed by atoms with Gasteiger partial charge in [-0.25, -0.2) is 4.98 Å². The average molecular weight is 550 g/mol. The van der Waals surface area contributed by atoms with E-state index in [0.717, 1.165) is 47.7 Å². The molecule has 1 aromatic carbocycles. The molecule has 1 amide bonds. The van der Waals surface area contributed by atoms with E-state index in [4.69, 9.17) is 33.2 Å². The second-order valence-corrected chi connectivity index (χ2v) is 10.5. The van der Waals surface area contributed by atoms with Crippen LogP contribution >= 0.6 is 23.2 Å². The van der Waals surface area contributed by atoms with E-state index >= 15 is 0 Å². The van der Waals surface area contributed by atoms with Crippen molar-refractivity contribution in [3.63, 3.8) is 0 Å². The van der Waals surface area contributed by atoms with Crippen LogP contribution in [0, 0.1) is 6.92 Å². The molecule has 0 saturated heterocycles. The number of aromatic amines is 1. The number of aromatic nitrogens is 4. The molecule has 196 valence electrons. The number of carbonyl (C=O) groups excluding carboxylic acids is 1. The number of fused-ring (bicyclic) bond motifs is 1. The third kappa shape index (κ3) is 5.26. The van der Waals surface area contributed by atoms with Crippen molar-refractivity contribution >= 4 is 34.8 Å². The molecule has 5 rings (SSSR count). The van der Waals surface area contributed by atoms with Gasteiger partial charge in [-0.05, 0) is 69.4 Å². The molecule has 4 aromatic rings. The largest absolute Gasteiger partial charge is 0.355 e. The van der Waals surface area contributed by atoms with Crippen molar-refractivity contribution in [3.05, 3.63) is 105 Å². The molecule has 38 heavy (non-hydrogen) atoms. The summed E-state index contributed by atoms with van der Waals surface area (Å²) < 4.78 is 0. The molecule has 0 aliphatic heterocycles. The molecule has 3 aromatic heterocycles. The number of hydrogen-bond acceptors (Lipinski definition) is 5. The van der Waals surface area contributed by atoms with E-state index in [9.17, 15) is 4.79 Å². The molecule has 1 aliphatic carbocycles. The number of nitrogens with zero attached hydrogens (tertiary/aromatic N) is 4. The van der Waals surface area contributed by atoms with Crippen molar-refractivity contribution in [2.75, 3.05) is 4.90 Å². The molecule has 0 spiro atoms. The Hall–Kier alpha value is -3.42. The summed E-state index contributed by atoms with van der Waals surface area (Å²) in [6.07, 6.45) is 9.86. The summed E-state index contributed by atoms with van der Waals surface area (Å²) in [5, 5.41) is 3.44. The van der Waals surface area contributed by atoms with Crippen LogP contribution in [0.1, 0.15) is 83.5 Å². The Labute approximate surface area is 232 Å². The molecule has 7 nitrogen and oxygen atoms in total. The van der Waals surface area contributed by atoms with Gasteiger partial charge in [0.15, 0.2) is 0 Å². The lowest BCUT2D eigenvalue weighted by atomic mass is 9.89. The van der Waals surface area contributed by atoms with E-state index < -0.39 is 0 Å². The molecule has 1 aliphatic rings. The summed E-state index contributed by atoms with van der Waals surface area (Å²) in [4.78, 5) is 32.0. The van der Waals surface area contributed by atoms with Gasteiger partial charge in [0.2, 0.25) is 0 Å². The first-order valence-electron chi connectivity index (χ1n) is 12.8. The van der Waals surface area contributed by atoms with Gasteiger partial charge < -0.3 is 15.2 Å². The van der Waals surface area contributed by atoms with Gasteiger partial charge in [-0.3, -0.25) is 14.8 Å². The fourth-order valence-electron chi connectivity index (χ4n) is 5.24. The van der Waals surface area contributed by atoms with Crippen LogP contribution in [0.25, 0.3) is 0 Å². The molecule has 3 atom stereocenters. The van der Waals surface area contributed by atoms with Gasteiger partial charge in [0.25, 0.3) is 5.91 Å². The van der Waals surface area contributed by atoms with Crippen molar-refractivity contribution < 1.29 is 4.79 Å². The fraction of sp³-hybridized carbons (Fsp3) is 0.310. The predicted octanol–water partition coefficient (Wildman–Crippen LogP) is 6.95. The molecule has 3 unspecified atom stereocenters. The van der Waals surface area contributed by atoms with Gasteiger partial charge in [0, 0.05) is 30.5 Å². The van der Waals surface area contributed by atoms with E-state index in [1.807, 2.05) is 44.4 Å². The lowest BCUT2D eigenvalue weighted by molar-refractivity contribution is 0.0940. The SMILES string of the molecule is Cc1nc(C(C)N(c2ccc(C(C)NC(=O)c3c(Cl)cncc3Cl)cc2)C2CCCc3cccnc32)c[nH]1. The number of benzene rings is 1. The summed E-state index contributed by atoms with van der Waals surface area (Å²) in [6, 6.07) is 12.4. The lowest BCUT2D eigenvalue weighted by Gasteiger charge is -2.40. The molecule has 9 heteroatoms. The zero-order valence-corrected chi connectivity index (χ0v) is 23.1. The Bertz CT molecular complexity index is 1420. The van der Waals surface area contributed by atoms with Crippen LogP contribution in [-0.4, -0.2) is 25.8 Å². The summed E-state index contributed by atoms with van der Waals surface area (Å²) in [5.74, 6) is 0.552. The van der Waals surface area contributed by atoms with Gasteiger partial charge >= 0.3 is 0 Å². The fourth-order valence-corrected chi connectivity index (χ4v) is 5.77. The summed E-state index contributed by atoms with van der Waals surface area (Å²) >= 11 is 12.4. The zero-order valence-electron chi connectivity index (χ0n) is 21.6. The summed E-state index contributed by atoms with van der Waals surface area (Å²) in [5.41, 5.74) is 5.69. The van der Waals surface area contributed by atoms with E-state index in [-0.39, 0.29) is 39.6 Å². The van der Waals surface area contributed by atoms with Crippen molar-refractivity contribution in [1.29, 1.82) is 0 Å². The molecular formula is C29H30Cl2N6O. The van der Waals surface area contributed by atoms with E-state index in [0.29, 0.717) is 0 Å². The standard InChI is InChI=1S/C29H30Cl2N6O/c1-17(35-29(38)27-23(30)14-32-15-24(27)31)20-9-11-22(12-10-20)37(18(2)25-16-34-19(3)36-25)26-8-4-6-21-7-5-13-33-28(21)26/h5,7,9-18,26H,4,6,8H2,1-3H3,(H,34,36)(H,35,38). The Morgan fingerprint density at radius 3 is 2.55 bits per heavy atom. The Morgan fingerprint density at radius 2 is 1.87 bits per heavy atom. The summed E-state index contributed by atoms with van der Waals surface area (Å²) in [6.45, 7) is 6.09. The Balaban J connectivity index is 1.43. The molecule has 3 heterocycles. The van der Waals surface area contributed by atoms with Crippen LogP contribution < -0.4 is 10.2 Å². The number of rotatable bonds is 7. The number of pyridine rings is 2. The van der Waals surface area contributed by atoms with E-state index in [1.165, 1.54) is 18.0 Å². The average Bonchev–Trinajstić information content (AvgIpc) is 3.35. The summed E-state index contributed by atoms with van der Waals surface area (Å²) in [7, 11) is 0. The van der Waals surface area contributed by atoms with Gasteiger partial charge in [0.05, 0.1) is 45.1 Å². The minimum Gasteiger partial charge on any atom is -0.355 e. The number of imidazole rings is 1. The highest BCUT2D eigenvalue weighted by Gasteiger charge is 2.32. The number of carbonyl (C=O) groups is 1. The maximum absolute atomic E-state index is 12.9. The number of nitrogens with one attached hydrogen (secondary N) is 2. The first-order chi connectivity index (χ1) is 18.3. The second kappa shape index (κ2) is 11.1. The lowest BCUT2D eigenvalue weighted by Crippen LogP contribution is -2.34. The molecule has 0 radical (unpaired) electrons. The number of H-pyrrole nitrogens is 1. The number of hydrogen-bond donors (Lipinski definition) is 2. The Kier molecular flexibility index (Phi) is 7.68. The molecule has 2 N–H and O–H groups in total. The highest BCUT2D eigenvalue weighted by atomic mass is 35.5. The van der Waals surface area contributed by atoms with Gasteiger partial charge in [-0.1, -0.05) is 41.4 Å². The van der Waals surface area contributed by atoms with Gasteiger partial charge in [-0.15, -0.1) is 0 Å². The number of anilines is 1. The van der Waals surface area contributed by atoms with Crippen molar-refractivity contribution in [2.24, 2.45) is 0 Å². The minimum absolute atomic E-state index is 0.0249. The smallest absolute Gasteiger partial charge is 0.254 e. The molecular weight excluding hydrogens is 519 g/mol. The minimum atomic E-state index is -0.340. The number of aryl methyl sites for hydroxylation is 2. The maximum atomic E-state index is 12.9. The topological polar surface area (TPSA) is 86.8 Å². The zero-order chi connectivity index (χ0) is 26.8. The van der Waals surface area contributed by atoms with Crippen LogP contribution in [0.3, 0.4) is 0 Å². The number of halogens is 2. The van der Waals surface area contributed by atoms with Crippen molar-refractivity contribution in [2.45, 2.75) is 58.2 Å². The quantitative estimate of drug-likeness (QED) is 0.261. The van der Waals surface area contributed by atoms with Crippen LogP contribution in [0.5, 0.6) is 0 Å². The first-order valence-corrected chi connectivity index (χ1v) is 13.5. The number of amides is 1. The Morgan fingerprint density at radius 1 is 1.13 bits per heavy atom. The van der Waals surface area contributed by atoms with Crippen LogP contribution in [0.15, 0.2) is 61.2 Å². The van der Waals surface area contributed by atoms with Crippen LogP contribution in [0.4, 0.5) is 5.69 Å². The van der Waals surface area contributed by atoms with E-state index in [1.54, 1.807) is 0 Å². The molecule has 0 fully saturated rings. The van der Waals surface area contributed by atoms with E-state index in [2.05, 4.69) is 45.3 Å². The third-order valence-corrected chi connectivity index (χ3v) is 7.76. The highest BCUT2D eigenvalue weighted by molar-refractivity contribution is 6.39. The van der Waals surface area contributed by atoms with Crippen LogP contribution in [0.2, 0.25) is 10.0 Å². The highest BCUT2D eigenvalue weighted by Crippen LogP contribution is 2.41. The predicted molar refractivity (Wildman–Crippen MR) is 151 cm³/mol. The van der Waals surface area contributed by atoms with Gasteiger partial charge in [-0.2, -0.15) is 0 Å². The maximum Gasteiger partial charge on any atom is 0.254 e. The van der Waals surface area contributed by atoms with Crippen molar-refractivity contribution in [3.8, 4) is 0 Å². The second-order valence-electron chi connectivity index (χ2n) is 9.71. The third-order valence-electron chi connectivity index (χ3n) is 7.19. The normalized spacial score (nSPS) is 16.4. The van der Waals surface area contributed by atoms with Gasteiger partial charge in [0.1, 0.15) is 5.82 Å². The molecule has 0 saturated carbocycles. The van der Waals surface area contributed by atoms with Crippen molar-refractivity contribution in [1.82, 2.24) is 25.3 Å². The van der Waals surface area contributed by atoms with Crippen LogP contribution in [-0.2, 0) is 6.42 Å². The molecule has 0 bridgehead atoms.